The molecule has 5 heavy (non-hydrogen) atoms. The summed E-state index contributed by atoms with van der Waals surface area (Å²) in [5, 5.41) is 0. The molecule has 0 saturated carbocycles. The van der Waals surface area contributed by atoms with Crippen LogP contribution in [-0.4, -0.2) is 0 Å². The van der Waals surface area contributed by atoms with E-state index >= 15 is 0 Å². The van der Waals surface area contributed by atoms with Crippen molar-refractivity contribution in [3.63, 3.8) is 0 Å². The average Bonchev–Trinajstić information content (AvgIpc) is 0. The van der Waals surface area contributed by atoms with E-state index in [1.807, 2.05) is 0 Å². The Hall–Kier alpha value is -2.12. The minimum absolute atomic E-state index is 0. The SMILES string of the molecule is [252Cf].[252Cf].[O-2].[O-2].[O-2]. The van der Waals surface area contributed by atoms with E-state index in [4.69, 9.17) is 0 Å². The zero-order valence-corrected chi connectivity index (χ0v) is 7.12. The van der Waals surface area contributed by atoms with Crippen LogP contribution in [0.3, 0.4) is 0 Å². The number of rotatable bonds is 0. The third-order valence-corrected chi connectivity index (χ3v) is 0. The van der Waals surface area contributed by atoms with Crippen molar-refractivity contribution in [3.05, 3.63) is 0 Å². The van der Waals surface area contributed by atoms with Gasteiger partial charge in [-0.3, -0.25) is 0 Å². The van der Waals surface area contributed by atoms with Crippen LogP contribution < -0.4 is 0 Å². The maximum absolute atomic E-state index is 0. The van der Waals surface area contributed by atoms with Gasteiger partial charge in [0.2, 0.25) is 0 Å². The molecule has 0 aliphatic rings. The zero-order valence-electron chi connectivity index (χ0n) is 1.86. The van der Waals surface area contributed by atoms with E-state index in [0.717, 1.165) is 0 Å². The van der Waals surface area contributed by atoms with Crippen molar-refractivity contribution >= 4 is 0 Å². The molecule has 0 N–H and O–H groups in total. The molecule has 0 aromatic heterocycles. The topological polar surface area (TPSA) is 85.5 Å². The second kappa shape index (κ2) is 0.324. The molecule has 44 valence electrons. The van der Waals surface area contributed by atoms with Crippen molar-refractivity contribution in [1.82, 2.24) is 0 Å². The van der Waals surface area contributed by atoms with Crippen molar-refractivity contribution in [2.75, 3.05) is 0 Å². The second-order valence-corrected chi connectivity index (χ2v) is 0. The smallest absolute Gasteiger partial charge is 0 e. The number of hydrogen-bond acceptors (Lipinski definition) is 0. The molecule has 0 aliphatic carbocycles. The molecule has 0 aliphatic heterocycles. The van der Waals surface area contributed by atoms with Gasteiger partial charge in [-0.15, -0.1) is 0 Å². The van der Waals surface area contributed by atoms with Crippen LogP contribution in [-0.2, 0) is 16.4 Å². The molecule has 5 heteroatoms. The van der Waals surface area contributed by atoms with Gasteiger partial charge in [-0.05, 0) is 0 Å². The monoisotopic (exact) mass is 552 g/mol. The van der Waals surface area contributed by atoms with Gasteiger partial charge >= 0.3 is 0 Å². The summed E-state index contributed by atoms with van der Waals surface area (Å²) in [4.78, 5) is 0. The molecule has 0 rings (SSSR count). The van der Waals surface area contributed by atoms with Crippen molar-refractivity contribution < 1.29 is 16.4 Å². The Kier molecular flexibility index (Phi) is 0.147. The van der Waals surface area contributed by atoms with Gasteiger partial charge in [-0.2, -0.15) is 0 Å². The molecule has 0 saturated heterocycles. The van der Waals surface area contributed by atoms with Crippen molar-refractivity contribution in [3.8, 4) is 0 Å². The van der Waals surface area contributed by atoms with Gasteiger partial charge < -0.3 is 16.4 Å². The van der Waals surface area contributed by atoms with Crippen molar-refractivity contribution in [2.45, 2.75) is 0 Å². The van der Waals surface area contributed by atoms with Gasteiger partial charge in [0.1, 0.15) is 0 Å². The first-order chi connectivity index (χ1) is 0. The summed E-state index contributed by atoms with van der Waals surface area (Å²) in [6.07, 6.45) is 0. The quantitative estimate of drug-likeness (QED) is 0.394. The fourth-order valence-electron chi connectivity index (χ4n) is 0. The predicted octanol–water partition coefficient (Wildman–Crippen LogP) is -0.356. The van der Waals surface area contributed by atoms with Gasteiger partial charge in [-0.25, -0.2) is 0 Å². The van der Waals surface area contributed by atoms with E-state index in [1.54, 1.807) is 0 Å². The van der Waals surface area contributed by atoms with Gasteiger partial charge in [0.15, 0.2) is 0 Å². The predicted molar refractivity (Wildman–Crippen MR) is 2.06 cm³/mol. The Labute approximate surface area is 17.8 Å². The van der Waals surface area contributed by atoms with Gasteiger partial charge in [0, 0.05) is 0 Å². The minimum atomic E-state index is 0. The molecule has 0 fully saturated rings. The van der Waals surface area contributed by atoms with Crippen LogP contribution >= 0.6 is 0 Å². The summed E-state index contributed by atoms with van der Waals surface area (Å²) in [5.41, 5.74) is 0. The van der Waals surface area contributed by atoms with Gasteiger partial charge in [-0.1, -0.05) is 0 Å². The molecule has 3 nitrogen and oxygen atoms in total. The average molecular weight is 552 g/mol. The molecule has 0 amide bonds. The standard InChI is InChI=1S/2Cf.3O/q;;3*-2/i2*1+1;;;. The maximum Gasteiger partial charge on any atom is 0 e. The minimum Gasteiger partial charge on any atom is -2.00 e. The van der Waals surface area contributed by atoms with Crippen LogP contribution in [0.25, 0.3) is 0 Å². The summed E-state index contributed by atoms with van der Waals surface area (Å²) in [6.45, 7) is 0. The van der Waals surface area contributed by atoms with Crippen LogP contribution in [0.2, 0.25) is 0 Å². The first-order valence-corrected chi connectivity index (χ1v) is 0. The Balaban J connectivity index is 0. The van der Waals surface area contributed by atoms with E-state index in [9.17, 15) is 0 Å². The normalized spacial score (nSPS) is 0. The van der Waals surface area contributed by atoms with E-state index in [2.05, 4.69) is 0 Å². The van der Waals surface area contributed by atoms with Crippen LogP contribution in [0.15, 0.2) is 0 Å². The molecular formula is Cf2O3-6. The fourth-order valence-corrected chi connectivity index (χ4v) is 0. The molecule has 0 bridgehead atoms. The third-order valence-electron chi connectivity index (χ3n) is 0. The van der Waals surface area contributed by atoms with Crippen LogP contribution in [0.5, 0.6) is 0 Å². The molecular weight excluding hydrogens is 552 g/mol. The fraction of sp³-hybridized carbons (Fsp3) is 0. The second-order valence-electron chi connectivity index (χ2n) is 0. The Bertz CT molecular complexity index is 4.85. The van der Waals surface area contributed by atoms with Crippen LogP contribution in [0.4, 0.5) is 0 Å². The van der Waals surface area contributed by atoms with Gasteiger partial charge in [0.25, 0.3) is 0 Å². The van der Waals surface area contributed by atoms with Crippen molar-refractivity contribution in [2.24, 2.45) is 0 Å². The van der Waals surface area contributed by atoms with Crippen LogP contribution in [0, 0.1) is 0 Å². The molecule has 0 heterocycles. The Morgan fingerprint density at radius 1 is 0.400 bits per heavy atom. The summed E-state index contributed by atoms with van der Waals surface area (Å²) in [6, 6.07) is 0. The maximum atomic E-state index is 0. The molecule has 0 aromatic carbocycles. The van der Waals surface area contributed by atoms with E-state index in [-0.39, 0.29) is 16.4 Å². The van der Waals surface area contributed by atoms with E-state index in [1.165, 1.54) is 0 Å². The molecule has 0 aromatic rings. The summed E-state index contributed by atoms with van der Waals surface area (Å²) in [5.74, 6) is 0. The summed E-state index contributed by atoms with van der Waals surface area (Å²) in [7, 11) is 0. The Morgan fingerprint density at radius 3 is 0.400 bits per heavy atom. The largest absolute Gasteiger partial charge is 2.00 e. The van der Waals surface area contributed by atoms with E-state index in [0.29, 0.717) is 0 Å². The van der Waals surface area contributed by atoms with Crippen molar-refractivity contribution in [1.29, 1.82) is 0 Å². The summed E-state index contributed by atoms with van der Waals surface area (Å²) >= 11 is 0. The summed E-state index contributed by atoms with van der Waals surface area (Å²) < 4.78 is 0. The third kappa shape index (κ3) is 0.00602. The Morgan fingerprint density at radius 2 is 0.400 bits per heavy atom. The van der Waals surface area contributed by atoms with E-state index < -0.39 is 0 Å². The number of hydrogen-bond donors (Lipinski definition) is 0. The molecule has 0 unspecified atom stereocenters. The van der Waals surface area contributed by atoms with Crippen LogP contribution in [0.1, 0.15) is 0 Å². The first-order valence-electron chi connectivity index (χ1n) is 0. The first kappa shape index (κ1) is 2.26. The molecule has 0 radical (unpaired) electrons. The molecule has 0 atom stereocenters. The molecule has 0 spiro atoms. The zero-order chi connectivity index (χ0) is 0. The van der Waals surface area contributed by atoms with Gasteiger partial charge in [0.05, 0.1) is 0 Å².